The summed E-state index contributed by atoms with van der Waals surface area (Å²) in [5.74, 6) is -0.480. The molecule has 2 rings (SSSR count). The molecule has 4 nitrogen and oxygen atoms in total. The summed E-state index contributed by atoms with van der Waals surface area (Å²) in [6.07, 6.45) is 1.74. The van der Waals surface area contributed by atoms with E-state index < -0.39 is 15.8 Å². The summed E-state index contributed by atoms with van der Waals surface area (Å²) in [7, 11) is -0.901. The second-order valence-corrected chi connectivity index (χ2v) is 7.78. The highest BCUT2D eigenvalue weighted by Crippen LogP contribution is 2.32. The molecule has 1 aliphatic rings. The molecule has 1 fully saturated rings. The zero-order chi connectivity index (χ0) is 15.6. The lowest BCUT2D eigenvalue weighted by Gasteiger charge is -2.31. The largest absolute Gasteiger partial charge is 0.304 e. The van der Waals surface area contributed by atoms with Crippen LogP contribution in [0.3, 0.4) is 0 Å². The number of likely N-dealkylation sites (tertiary alicyclic amines) is 1. The zero-order valence-corrected chi connectivity index (χ0v) is 13.7. The van der Waals surface area contributed by atoms with Gasteiger partial charge in [-0.2, -0.15) is 0 Å². The minimum Gasteiger partial charge on any atom is -0.304 e. The number of nitrogens with zero attached hydrogens (tertiary/aromatic N) is 2. The molecule has 0 amide bonds. The van der Waals surface area contributed by atoms with E-state index in [-0.39, 0.29) is 10.8 Å². The first kappa shape index (κ1) is 16.4. The molecule has 0 spiro atoms. The van der Waals surface area contributed by atoms with Gasteiger partial charge in [-0.15, -0.1) is 0 Å². The fourth-order valence-electron chi connectivity index (χ4n) is 2.80. The third-order valence-corrected chi connectivity index (χ3v) is 6.06. The molecule has 0 aliphatic carbocycles. The van der Waals surface area contributed by atoms with E-state index >= 15 is 0 Å². The fraction of sp³-hybridized carbons (Fsp3) is 0.600. The van der Waals surface area contributed by atoms with Crippen molar-refractivity contribution in [3.63, 3.8) is 0 Å². The predicted molar refractivity (Wildman–Crippen MR) is 81.4 cm³/mol. The smallest absolute Gasteiger partial charge is 0.245 e. The van der Waals surface area contributed by atoms with Crippen molar-refractivity contribution in [3.05, 3.63) is 29.6 Å². The van der Waals surface area contributed by atoms with Crippen LogP contribution < -0.4 is 0 Å². The van der Waals surface area contributed by atoms with Gasteiger partial charge in [-0.25, -0.2) is 17.1 Å². The molecule has 0 bridgehead atoms. The van der Waals surface area contributed by atoms with E-state index in [4.69, 9.17) is 0 Å². The molecule has 6 heteroatoms. The van der Waals surface area contributed by atoms with E-state index in [2.05, 4.69) is 11.8 Å². The van der Waals surface area contributed by atoms with Crippen molar-refractivity contribution in [2.24, 2.45) is 0 Å². The molecular formula is C15H23FN2O2S. The number of sulfonamides is 1. The highest BCUT2D eigenvalue weighted by molar-refractivity contribution is 7.89. The van der Waals surface area contributed by atoms with Crippen molar-refractivity contribution in [1.82, 2.24) is 9.21 Å². The summed E-state index contributed by atoms with van der Waals surface area (Å²) in [6, 6.07) is 4.70. The van der Waals surface area contributed by atoms with E-state index in [1.165, 1.54) is 20.2 Å². The molecule has 1 aliphatic heterocycles. The van der Waals surface area contributed by atoms with Crippen LogP contribution in [-0.4, -0.2) is 51.4 Å². The lowest BCUT2D eigenvalue weighted by molar-refractivity contribution is 0.220. The molecule has 0 radical (unpaired) electrons. The van der Waals surface area contributed by atoms with Gasteiger partial charge in [-0.05, 0) is 50.0 Å². The van der Waals surface area contributed by atoms with Crippen molar-refractivity contribution >= 4 is 10.0 Å². The van der Waals surface area contributed by atoms with Gasteiger partial charge in [-0.1, -0.05) is 19.1 Å². The van der Waals surface area contributed by atoms with Gasteiger partial charge in [0.1, 0.15) is 10.7 Å². The Labute approximate surface area is 126 Å². The minimum absolute atomic E-state index is 0.102. The molecule has 118 valence electrons. The van der Waals surface area contributed by atoms with Gasteiger partial charge in [0.25, 0.3) is 0 Å². The van der Waals surface area contributed by atoms with Gasteiger partial charge in [0.05, 0.1) is 0 Å². The Morgan fingerprint density at radius 3 is 2.43 bits per heavy atom. The highest BCUT2D eigenvalue weighted by Gasteiger charge is 2.27. The normalized spacial score (nSPS) is 18.3. The van der Waals surface area contributed by atoms with Gasteiger partial charge in [0.2, 0.25) is 10.0 Å². The number of rotatable bonds is 4. The molecule has 0 aromatic heterocycles. The summed E-state index contributed by atoms with van der Waals surface area (Å²) < 4.78 is 40.1. The Bertz CT molecular complexity index is 594. The van der Waals surface area contributed by atoms with Crippen LogP contribution in [0.1, 0.15) is 31.2 Å². The second-order valence-electron chi connectivity index (χ2n) is 5.66. The first-order valence-electron chi connectivity index (χ1n) is 7.31. The van der Waals surface area contributed by atoms with E-state index in [1.807, 2.05) is 0 Å². The molecule has 1 saturated heterocycles. The van der Waals surface area contributed by atoms with Crippen molar-refractivity contribution in [3.8, 4) is 0 Å². The number of halogens is 1. The van der Waals surface area contributed by atoms with Crippen LogP contribution in [0.15, 0.2) is 23.1 Å². The Morgan fingerprint density at radius 1 is 1.29 bits per heavy atom. The second kappa shape index (κ2) is 6.42. The predicted octanol–water partition coefficient (Wildman–Crippen LogP) is 2.28. The van der Waals surface area contributed by atoms with Crippen molar-refractivity contribution < 1.29 is 12.8 Å². The zero-order valence-electron chi connectivity index (χ0n) is 12.8. The molecular weight excluding hydrogens is 291 g/mol. The third-order valence-electron chi connectivity index (χ3n) is 4.23. The standard InChI is InChI=1S/C15H23FN2O2S/c1-4-18-10-8-12(9-11-18)13-6-5-7-14(15(13)16)21(19,20)17(2)3/h5-7,12H,4,8-11H2,1-3H3. The topological polar surface area (TPSA) is 40.6 Å². The summed E-state index contributed by atoms with van der Waals surface area (Å²) in [5, 5.41) is 0. The van der Waals surface area contributed by atoms with E-state index in [0.29, 0.717) is 5.56 Å². The lowest BCUT2D eigenvalue weighted by atomic mass is 9.89. The number of benzene rings is 1. The van der Waals surface area contributed by atoms with Crippen LogP contribution in [0.4, 0.5) is 4.39 Å². The Kier molecular flexibility index (Phi) is 5.01. The number of hydrogen-bond donors (Lipinski definition) is 0. The van der Waals surface area contributed by atoms with Gasteiger partial charge in [0.15, 0.2) is 0 Å². The lowest BCUT2D eigenvalue weighted by Crippen LogP contribution is -2.33. The highest BCUT2D eigenvalue weighted by atomic mass is 32.2. The molecule has 1 aromatic carbocycles. The Balaban J connectivity index is 2.31. The minimum atomic E-state index is -3.74. The molecule has 1 aromatic rings. The average Bonchev–Trinajstić information content (AvgIpc) is 2.47. The molecule has 0 saturated carbocycles. The third kappa shape index (κ3) is 3.27. The summed E-state index contributed by atoms with van der Waals surface area (Å²) in [6.45, 7) is 4.99. The quantitative estimate of drug-likeness (QED) is 0.856. The summed E-state index contributed by atoms with van der Waals surface area (Å²) in [4.78, 5) is 2.11. The molecule has 21 heavy (non-hydrogen) atoms. The van der Waals surface area contributed by atoms with Crippen molar-refractivity contribution in [2.45, 2.75) is 30.6 Å². The van der Waals surface area contributed by atoms with Crippen molar-refractivity contribution in [1.29, 1.82) is 0 Å². The maximum Gasteiger partial charge on any atom is 0.245 e. The summed E-state index contributed by atoms with van der Waals surface area (Å²) >= 11 is 0. The van der Waals surface area contributed by atoms with E-state index in [1.54, 1.807) is 12.1 Å². The molecule has 1 heterocycles. The number of hydrogen-bond acceptors (Lipinski definition) is 3. The SMILES string of the molecule is CCN1CCC(c2cccc(S(=O)(=O)N(C)C)c2F)CC1. The Morgan fingerprint density at radius 2 is 1.90 bits per heavy atom. The van der Waals surface area contributed by atoms with Gasteiger partial charge in [-0.3, -0.25) is 0 Å². The maximum atomic E-state index is 14.7. The van der Waals surface area contributed by atoms with Gasteiger partial charge in [0, 0.05) is 14.1 Å². The fourth-order valence-corrected chi connectivity index (χ4v) is 3.79. The van der Waals surface area contributed by atoms with Crippen molar-refractivity contribution in [2.75, 3.05) is 33.7 Å². The first-order valence-corrected chi connectivity index (χ1v) is 8.75. The molecule has 0 unspecified atom stereocenters. The molecule has 0 atom stereocenters. The van der Waals surface area contributed by atoms with Crippen LogP contribution >= 0.6 is 0 Å². The molecule has 0 N–H and O–H groups in total. The maximum absolute atomic E-state index is 14.7. The van der Waals surface area contributed by atoms with Gasteiger partial charge >= 0.3 is 0 Å². The van der Waals surface area contributed by atoms with Gasteiger partial charge < -0.3 is 4.90 Å². The average molecular weight is 314 g/mol. The van der Waals surface area contributed by atoms with Crippen LogP contribution in [0, 0.1) is 5.82 Å². The van der Waals surface area contributed by atoms with Crippen LogP contribution in [-0.2, 0) is 10.0 Å². The van der Waals surface area contributed by atoms with E-state index in [9.17, 15) is 12.8 Å². The monoisotopic (exact) mass is 314 g/mol. The van der Waals surface area contributed by atoms with Crippen LogP contribution in [0.2, 0.25) is 0 Å². The Hall–Kier alpha value is -0.980. The summed E-state index contributed by atoms with van der Waals surface area (Å²) in [5.41, 5.74) is 0.536. The van der Waals surface area contributed by atoms with Crippen LogP contribution in [0.25, 0.3) is 0 Å². The first-order chi connectivity index (χ1) is 9.87. The van der Waals surface area contributed by atoms with Crippen LogP contribution in [0.5, 0.6) is 0 Å². The van der Waals surface area contributed by atoms with E-state index in [0.717, 1.165) is 36.8 Å². The number of piperidine rings is 1.